The summed E-state index contributed by atoms with van der Waals surface area (Å²) in [6.45, 7) is 1.26. The van der Waals surface area contributed by atoms with Crippen molar-refractivity contribution >= 4 is 10.1 Å². The first kappa shape index (κ1) is 11.8. The second kappa shape index (κ2) is 6.36. The average molecular weight is 197 g/mol. The fraction of sp³-hybridized carbons (Fsp3) is 1.00. The Hall–Kier alpha value is -0.170. The molecule has 3 N–H and O–H groups in total. The highest BCUT2D eigenvalue weighted by molar-refractivity contribution is 7.85. The molecule has 0 aromatic heterocycles. The van der Waals surface area contributed by atoms with E-state index in [1.54, 1.807) is 0 Å². The Kier molecular flexibility index (Phi) is 6.27. The van der Waals surface area contributed by atoms with Gasteiger partial charge in [0.25, 0.3) is 10.1 Å². The van der Waals surface area contributed by atoms with E-state index >= 15 is 0 Å². The lowest BCUT2D eigenvalue weighted by Gasteiger charge is -2.00. The molecule has 0 aromatic carbocycles. The van der Waals surface area contributed by atoms with E-state index in [0.717, 1.165) is 0 Å². The SMILES string of the molecule is O=S(=O)(O)CCCCNCCO. The minimum absolute atomic E-state index is 0.0816. The zero-order chi connectivity index (χ0) is 9.45. The van der Waals surface area contributed by atoms with Crippen LogP contribution in [0.4, 0.5) is 0 Å². The largest absolute Gasteiger partial charge is 0.395 e. The highest BCUT2D eigenvalue weighted by Gasteiger charge is 2.02. The molecule has 0 spiro atoms. The molecule has 0 fully saturated rings. The Morgan fingerprint density at radius 2 is 1.83 bits per heavy atom. The van der Waals surface area contributed by atoms with Crippen LogP contribution in [-0.2, 0) is 10.1 Å². The van der Waals surface area contributed by atoms with Crippen molar-refractivity contribution in [3.05, 3.63) is 0 Å². The predicted molar refractivity (Wildman–Crippen MR) is 45.6 cm³/mol. The Morgan fingerprint density at radius 1 is 1.17 bits per heavy atom. The summed E-state index contributed by atoms with van der Waals surface area (Å²) in [6, 6.07) is 0. The molecule has 0 bridgehead atoms. The minimum atomic E-state index is -3.79. The zero-order valence-electron chi connectivity index (χ0n) is 6.86. The maximum atomic E-state index is 10.2. The van der Waals surface area contributed by atoms with Crippen LogP contribution in [-0.4, -0.2) is 43.5 Å². The lowest BCUT2D eigenvalue weighted by molar-refractivity contribution is 0.292. The topological polar surface area (TPSA) is 86.6 Å². The fourth-order valence-electron chi connectivity index (χ4n) is 0.739. The summed E-state index contributed by atoms with van der Waals surface area (Å²) in [4.78, 5) is 0. The van der Waals surface area contributed by atoms with Gasteiger partial charge in [-0.15, -0.1) is 0 Å². The van der Waals surface area contributed by atoms with Crippen molar-refractivity contribution < 1.29 is 18.1 Å². The molecule has 74 valence electrons. The molecule has 6 heteroatoms. The second-order valence-electron chi connectivity index (χ2n) is 2.47. The molecular weight excluding hydrogens is 182 g/mol. The third-order valence-electron chi connectivity index (χ3n) is 1.29. The number of hydrogen-bond donors (Lipinski definition) is 3. The average Bonchev–Trinajstić information content (AvgIpc) is 1.94. The molecule has 12 heavy (non-hydrogen) atoms. The molecule has 0 radical (unpaired) electrons. The molecule has 0 aliphatic rings. The van der Waals surface area contributed by atoms with E-state index in [9.17, 15) is 8.42 Å². The number of rotatable bonds is 7. The number of nitrogens with one attached hydrogen (secondary N) is 1. The summed E-state index contributed by atoms with van der Waals surface area (Å²) in [7, 11) is -3.79. The first-order valence-electron chi connectivity index (χ1n) is 3.83. The zero-order valence-corrected chi connectivity index (χ0v) is 7.68. The summed E-state index contributed by atoms with van der Waals surface area (Å²) >= 11 is 0. The second-order valence-corrected chi connectivity index (χ2v) is 4.04. The summed E-state index contributed by atoms with van der Waals surface area (Å²) in [5.41, 5.74) is 0. The van der Waals surface area contributed by atoms with Gasteiger partial charge in [0.15, 0.2) is 0 Å². The van der Waals surface area contributed by atoms with Crippen molar-refractivity contribution in [2.45, 2.75) is 12.8 Å². The van der Waals surface area contributed by atoms with Crippen molar-refractivity contribution in [3.63, 3.8) is 0 Å². The Bertz CT molecular complexity index is 190. The van der Waals surface area contributed by atoms with Crippen molar-refractivity contribution in [1.29, 1.82) is 0 Å². The van der Waals surface area contributed by atoms with E-state index in [-0.39, 0.29) is 12.4 Å². The van der Waals surface area contributed by atoms with Gasteiger partial charge < -0.3 is 10.4 Å². The molecule has 5 nitrogen and oxygen atoms in total. The van der Waals surface area contributed by atoms with Gasteiger partial charge in [0, 0.05) is 6.54 Å². The smallest absolute Gasteiger partial charge is 0.264 e. The van der Waals surface area contributed by atoms with Crippen LogP contribution in [0, 0.1) is 0 Å². The van der Waals surface area contributed by atoms with E-state index in [4.69, 9.17) is 9.66 Å². The Balaban J connectivity index is 3.12. The van der Waals surface area contributed by atoms with Crippen LogP contribution in [0.3, 0.4) is 0 Å². The van der Waals surface area contributed by atoms with Crippen molar-refractivity contribution in [3.8, 4) is 0 Å². The van der Waals surface area contributed by atoms with Crippen LogP contribution in [0.15, 0.2) is 0 Å². The van der Waals surface area contributed by atoms with Gasteiger partial charge in [0.2, 0.25) is 0 Å². The van der Waals surface area contributed by atoms with Crippen molar-refractivity contribution in [2.75, 3.05) is 25.4 Å². The van der Waals surface area contributed by atoms with Crippen molar-refractivity contribution in [1.82, 2.24) is 5.32 Å². The lowest BCUT2D eigenvalue weighted by atomic mass is 10.3. The molecule has 0 heterocycles. The predicted octanol–water partition coefficient (Wildman–Crippen LogP) is -0.764. The van der Waals surface area contributed by atoms with E-state index in [0.29, 0.717) is 25.9 Å². The summed E-state index contributed by atoms with van der Waals surface area (Å²) in [5, 5.41) is 11.2. The van der Waals surface area contributed by atoms with Crippen LogP contribution in [0.5, 0.6) is 0 Å². The fourth-order valence-corrected chi connectivity index (χ4v) is 1.31. The molecule has 0 saturated carbocycles. The molecular formula is C6H15NO4S. The number of hydrogen-bond acceptors (Lipinski definition) is 4. The summed E-state index contributed by atoms with van der Waals surface area (Å²) in [6.07, 6.45) is 1.12. The minimum Gasteiger partial charge on any atom is -0.395 e. The monoisotopic (exact) mass is 197 g/mol. The number of aliphatic hydroxyl groups excluding tert-OH is 1. The molecule has 0 atom stereocenters. The molecule has 0 aromatic rings. The third-order valence-corrected chi connectivity index (χ3v) is 2.10. The van der Waals surface area contributed by atoms with E-state index < -0.39 is 10.1 Å². The highest BCUT2D eigenvalue weighted by Crippen LogP contribution is 1.91. The van der Waals surface area contributed by atoms with E-state index in [1.807, 2.05) is 0 Å². The van der Waals surface area contributed by atoms with Crippen molar-refractivity contribution in [2.24, 2.45) is 0 Å². The molecule has 0 aliphatic carbocycles. The number of unbranched alkanes of at least 4 members (excludes halogenated alkanes) is 1. The van der Waals surface area contributed by atoms with Gasteiger partial charge in [-0.1, -0.05) is 0 Å². The van der Waals surface area contributed by atoms with Gasteiger partial charge in [-0.2, -0.15) is 8.42 Å². The Morgan fingerprint density at radius 3 is 2.33 bits per heavy atom. The lowest BCUT2D eigenvalue weighted by Crippen LogP contribution is -2.19. The highest BCUT2D eigenvalue weighted by atomic mass is 32.2. The molecule has 0 amide bonds. The number of aliphatic hydroxyl groups is 1. The Labute approximate surface area is 72.5 Å². The van der Waals surface area contributed by atoms with E-state index in [1.165, 1.54) is 0 Å². The van der Waals surface area contributed by atoms with Gasteiger partial charge in [0.1, 0.15) is 0 Å². The molecule has 0 saturated heterocycles. The summed E-state index contributed by atoms with van der Waals surface area (Å²) in [5.74, 6) is -0.187. The van der Waals surface area contributed by atoms with Gasteiger partial charge in [-0.05, 0) is 19.4 Å². The quantitative estimate of drug-likeness (QED) is 0.369. The maximum Gasteiger partial charge on any atom is 0.264 e. The standard InChI is InChI=1S/C6H15NO4S/c8-5-4-7-3-1-2-6-12(9,10)11/h7-8H,1-6H2,(H,9,10,11). The van der Waals surface area contributed by atoms with Crippen LogP contribution in [0.25, 0.3) is 0 Å². The van der Waals surface area contributed by atoms with Gasteiger partial charge in [-0.25, -0.2) is 0 Å². The van der Waals surface area contributed by atoms with Gasteiger partial charge in [0.05, 0.1) is 12.4 Å². The van der Waals surface area contributed by atoms with E-state index in [2.05, 4.69) is 5.32 Å². The maximum absolute atomic E-state index is 10.2. The first-order chi connectivity index (χ1) is 5.56. The van der Waals surface area contributed by atoms with Gasteiger partial charge >= 0.3 is 0 Å². The molecule has 0 unspecified atom stereocenters. The van der Waals surface area contributed by atoms with Crippen LogP contribution in [0.2, 0.25) is 0 Å². The molecule has 0 rings (SSSR count). The van der Waals surface area contributed by atoms with Gasteiger partial charge in [-0.3, -0.25) is 4.55 Å². The van der Waals surface area contributed by atoms with Crippen LogP contribution >= 0.6 is 0 Å². The van der Waals surface area contributed by atoms with Crippen LogP contribution in [0.1, 0.15) is 12.8 Å². The molecule has 0 aliphatic heterocycles. The summed E-state index contributed by atoms with van der Waals surface area (Å²) < 4.78 is 28.8. The van der Waals surface area contributed by atoms with Crippen LogP contribution < -0.4 is 5.32 Å². The third kappa shape index (κ3) is 9.83. The first-order valence-corrected chi connectivity index (χ1v) is 5.44. The normalized spacial score (nSPS) is 11.8.